The van der Waals surface area contributed by atoms with Crippen LogP contribution in [0.5, 0.6) is 0 Å². The van der Waals surface area contributed by atoms with E-state index in [-0.39, 0.29) is 24.0 Å². The molecule has 0 amide bonds. The Balaban J connectivity index is 0.00000420. The minimum Gasteiger partial charge on any atom is -0.382 e. The van der Waals surface area contributed by atoms with Crippen molar-refractivity contribution in [1.82, 2.24) is 35.2 Å². The van der Waals surface area contributed by atoms with Gasteiger partial charge in [-0.25, -0.2) is 4.99 Å². The molecular weight excluding hydrogens is 483 g/mol. The Hall–Kier alpha value is -1.69. The SMILES string of the molecule is CCOCCCNC(=NCc1nnc(C)n1C)NCCCn1nc(C)cc1C.I. The van der Waals surface area contributed by atoms with E-state index in [4.69, 9.17) is 4.74 Å². The lowest BCUT2D eigenvalue weighted by Gasteiger charge is -2.13. The zero-order valence-corrected chi connectivity index (χ0v) is 20.6. The highest BCUT2D eigenvalue weighted by molar-refractivity contribution is 14.0. The molecule has 9 nitrogen and oxygen atoms in total. The number of nitrogens with zero attached hydrogens (tertiary/aromatic N) is 6. The van der Waals surface area contributed by atoms with Crippen molar-refractivity contribution in [3.63, 3.8) is 0 Å². The van der Waals surface area contributed by atoms with E-state index >= 15 is 0 Å². The molecule has 0 bridgehead atoms. The maximum Gasteiger partial charge on any atom is 0.191 e. The second-order valence-corrected chi connectivity index (χ2v) is 6.80. The van der Waals surface area contributed by atoms with Gasteiger partial charge in [-0.05, 0) is 46.6 Å². The average molecular weight is 518 g/mol. The van der Waals surface area contributed by atoms with E-state index in [1.165, 1.54) is 5.69 Å². The van der Waals surface area contributed by atoms with Crippen LogP contribution in [0.3, 0.4) is 0 Å². The van der Waals surface area contributed by atoms with Gasteiger partial charge in [-0.1, -0.05) is 0 Å². The predicted molar refractivity (Wildman–Crippen MR) is 126 cm³/mol. The largest absolute Gasteiger partial charge is 0.382 e. The van der Waals surface area contributed by atoms with Crippen LogP contribution in [0.25, 0.3) is 0 Å². The summed E-state index contributed by atoms with van der Waals surface area (Å²) < 4.78 is 9.40. The summed E-state index contributed by atoms with van der Waals surface area (Å²) >= 11 is 0. The fraction of sp³-hybridized carbons (Fsp3) is 0.684. The van der Waals surface area contributed by atoms with Crippen molar-refractivity contribution in [2.24, 2.45) is 12.0 Å². The van der Waals surface area contributed by atoms with Crippen LogP contribution in [0.4, 0.5) is 0 Å². The fourth-order valence-electron chi connectivity index (χ4n) is 2.78. The molecule has 0 aliphatic heterocycles. The Morgan fingerprint density at radius 2 is 1.86 bits per heavy atom. The van der Waals surface area contributed by atoms with Crippen molar-refractivity contribution in [2.75, 3.05) is 26.3 Å². The molecule has 10 heteroatoms. The van der Waals surface area contributed by atoms with Crippen molar-refractivity contribution in [3.8, 4) is 0 Å². The Labute approximate surface area is 190 Å². The second kappa shape index (κ2) is 13.5. The highest BCUT2D eigenvalue weighted by Crippen LogP contribution is 2.02. The lowest BCUT2D eigenvalue weighted by atomic mass is 10.4. The minimum atomic E-state index is 0. The van der Waals surface area contributed by atoms with Crippen LogP contribution in [0.1, 0.15) is 42.8 Å². The van der Waals surface area contributed by atoms with Gasteiger partial charge >= 0.3 is 0 Å². The molecule has 0 unspecified atom stereocenters. The molecule has 2 aromatic rings. The molecule has 0 saturated carbocycles. The van der Waals surface area contributed by atoms with Crippen molar-refractivity contribution < 1.29 is 4.74 Å². The van der Waals surface area contributed by atoms with E-state index in [0.29, 0.717) is 6.54 Å². The van der Waals surface area contributed by atoms with E-state index in [1.54, 1.807) is 0 Å². The maximum absolute atomic E-state index is 5.39. The first-order valence-electron chi connectivity index (χ1n) is 9.97. The molecule has 2 N–H and O–H groups in total. The van der Waals surface area contributed by atoms with Gasteiger partial charge in [0.15, 0.2) is 11.8 Å². The molecule has 0 radical (unpaired) electrons. The molecule has 0 atom stereocenters. The van der Waals surface area contributed by atoms with E-state index in [0.717, 1.165) is 69.0 Å². The number of guanidine groups is 1. The maximum atomic E-state index is 5.39. The van der Waals surface area contributed by atoms with Crippen LogP contribution >= 0.6 is 24.0 Å². The standard InChI is InChI=1S/C19H34N8O.HI/c1-6-28-12-8-10-21-19(22-14-18-24-23-17(4)26(18)5)20-9-7-11-27-16(3)13-15(2)25-27;/h13H,6-12,14H2,1-5H3,(H2,20,21,22);1H. The number of ether oxygens (including phenoxy) is 1. The topological polar surface area (TPSA) is 94.2 Å². The monoisotopic (exact) mass is 518 g/mol. The Morgan fingerprint density at radius 1 is 1.14 bits per heavy atom. The quantitative estimate of drug-likeness (QED) is 0.205. The summed E-state index contributed by atoms with van der Waals surface area (Å²) in [5.41, 5.74) is 2.25. The third kappa shape index (κ3) is 8.69. The lowest BCUT2D eigenvalue weighted by molar-refractivity contribution is 0.145. The normalized spacial score (nSPS) is 11.4. The molecule has 2 aromatic heterocycles. The first-order chi connectivity index (χ1) is 13.5. The van der Waals surface area contributed by atoms with Crippen molar-refractivity contribution in [1.29, 1.82) is 0 Å². The van der Waals surface area contributed by atoms with Crippen LogP contribution in [0.2, 0.25) is 0 Å². The molecule has 29 heavy (non-hydrogen) atoms. The van der Waals surface area contributed by atoms with Gasteiger partial charge in [-0.3, -0.25) is 4.68 Å². The van der Waals surface area contributed by atoms with Crippen LogP contribution in [0, 0.1) is 20.8 Å². The van der Waals surface area contributed by atoms with Gasteiger partial charge in [-0.2, -0.15) is 5.10 Å². The number of hydrogen-bond donors (Lipinski definition) is 2. The molecule has 2 heterocycles. The van der Waals surface area contributed by atoms with E-state index in [9.17, 15) is 0 Å². The summed E-state index contributed by atoms with van der Waals surface area (Å²) in [5.74, 6) is 2.51. The molecule has 164 valence electrons. The third-order valence-electron chi connectivity index (χ3n) is 4.47. The highest BCUT2D eigenvalue weighted by atomic mass is 127. The number of rotatable bonds is 11. The van der Waals surface area contributed by atoms with Crippen molar-refractivity contribution in [2.45, 2.75) is 53.6 Å². The molecule has 2 rings (SSSR count). The van der Waals surface area contributed by atoms with E-state index < -0.39 is 0 Å². The molecule has 0 aliphatic rings. The first kappa shape index (κ1) is 25.3. The minimum absolute atomic E-state index is 0. The van der Waals surface area contributed by atoms with Crippen LogP contribution in [-0.2, 0) is 24.9 Å². The lowest BCUT2D eigenvalue weighted by Crippen LogP contribution is -2.39. The molecule has 0 fully saturated rings. The van der Waals surface area contributed by atoms with Gasteiger partial charge in [0.2, 0.25) is 0 Å². The van der Waals surface area contributed by atoms with Gasteiger partial charge in [0.05, 0.1) is 5.69 Å². The number of aliphatic imine (C=N–C) groups is 1. The predicted octanol–water partition coefficient (Wildman–Crippen LogP) is 2.11. The van der Waals surface area contributed by atoms with Crippen LogP contribution in [-0.4, -0.2) is 56.8 Å². The smallest absolute Gasteiger partial charge is 0.191 e. The van der Waals surface area contributed by atoms with Crippen LogP contribution in [0.15, 0.2) is 11.1 Å². The van der Waals surface area contributed by atoms with Gasteiger partial charge in [0.1, 0.15) is 12.4 Å². The molecular formula is C19H35IN8O. The Morgan fingerprint density at radius 3 is 2.45 bits per heavy atom. The summed E-state index contributed by atoms with van der Waals surface area (Å²) in [6.07, 6.45) is 1.90. The number of aryl methyl sites for hydroxylation is 4. The average Bonchev–Trinajstić information content (AvgIpc) is 3.16. The summed E-state index contributed by atoms with van der Waals surface area (Å²) in [5, 5.41) is 19.5. The Kier molecular flexibility index (Phi) is 11.8. The summed E-state index contributed by atoms with van der Waals surface area (Å²) in [6.45, 7) is 12.5. The fourth-order valence-corrected chi connectivity index (χ4v) is 2.78. The number of halogens is 1. The highest BCUT2D eigenvalue weighted by Gasteiger charge is 2.06. The third-order valence-corrected chi connectivity index (χ3v) is 4.47. The van der Waals surface area contributed by atoms with E-state index in [1.807, 2.05) is 37.1 Å². The molecule has 0 spiro atoms. The molecule has 0 saturated heterocycles. The number of aromatic nitrogens is 5. The summed E-state index contributed by atoms with van der Waals surface area (Å²) in [7, 11) is 1.96. The number of nitrogens with one attached hydrogen (secondary N) is 2. The van der Waals surface area contributed by atoms with Crippen molar-refractivity contribution in [3.05, 3.63) is 29.1 Å². The second-order valence-electron chi connectivity index (χ2n) is 6.80. The van der Waals surface area contributed by atoms with E-state index in [2.05, 4.69) is 43.9 Å². The van der Waals surface area contributed by atoms with Gasteiger partial charge in [0, 0.05) is 45.6 Å². The van der Waals surface area contributed by atoms with Gasteiger partial charge in [0.25, 0.3) is 0 Å². The number of hydrogen-bond acceptors (Lipinski definition) is 5. The van der Waals surface area contributed by atoms with Gasteiger partial charge in [-0.15, -0.1) is 34.2 Å². The molecule has 0 aliphatic carbocycles. The first-order valence-corrected chi connectivity index (χ1v) is 9.97. The summed E-state index contributed by atoms with van der Waals surface area (Å²) in [6, 6.07) is 2.10. The zero-order valence-electron chi connectivity index (χ0n) is 18.2. The summed E-state index contributed by atoms with van der Waals surface area (Å²) in [4.78, 5) is 4.66. The van der Waals surface area contributed by atoms with Crippen molar-refractivity contribution >= 4 is 29.9 Å². The molecule has 0 aromatic carbocycles. The zero-order chi connectivity index (χ0) is 20.4. The van der Waals surface area contributed by atoms with Gasteiger partial charge < -0.3 is 19.9 Å². The van der Waals surface area contributed by atoms with Crippen LogP contribution < -0.4 is 10.6 Å². The Bertz CT molecular complexity index is 755.